The monoisotopic (exact) mass is 324 g/mol. The molecule has 0 fully saturated rings. The smallest absolute Gasteiger partial charge is 0.285 e. The number of hydrogen-bond acceptors (Lipinski definition) is 6. The van der Waals surface area contributed by atoms with E-state index < -0.39 is 5.91 Å². The quantitative estimate of drug-likeness (QED) is 0.570. The molecule has 0 radical (unpaired) electrons. The second kappa shape index (κ2) is 6.80. The maximum absolute atomic E-state index is 12.2. The molecule has 2 aromatic carbocycles. The molecule has 0 unspecified atom stereocenters. The van der Waals surface area contributed by atoms with Gasteiger partial charge in [-0.1, -0.05) is 47.0 Å². The average molecular weight is 324 g/mol. The molecule has 0 aliphatic rings. The molecule has 0 spiro atoms. The number of phenols is 1. The summed E-state index contributed by atoms with van der Waals surface area (Å²) in [5.74, 6) is -0.305. The first-order valence-electron chi connectivity index (χ1n) is 6.75. The number of carbonyl (C=O) groups is 1. The molecular formula is C16H12N4O2S. The Morgan fingerprint density at radius 3 is 2.65 bits per heavy atom. The van der Waals surface area contributed by atoms with Crippen LogP contribution in [-0.4, -0.2) is 26.8 Å². The third kappa shape index (κ3) is 3.41. The summed E-state index contributed by atoms with van der Waals surface area (Å²) < 4.78 is 3.84. The summed E-state index contributed by atoms with van der Waals surface area (Å²) in [7, 11) is 0. The lowest BCUT2D eigenvalue weighted by Gasteiger charge is -2.00. The lowest BCUT2D eigenvalue weighted by molar-refractivity contribution is 0.0959. The van der Waals surface area contributed by atoms with Crippen LogP contribution in [0.2, 0.25) is 0 Å². The van der Waals surface area contributed by atoms with Gasteiger partial charge in [0.25, 0.3) is 5.91 Å². The molecule has 3 rings (SSSR count). The number of hydrazone groups is 1. The van der Waals surface area contributed by atoms with E-state index in [4.69, 9.17) is 0 Å². The Morgan fingerprint density at radius 1 is 1.13 bits per heavy atom. The van der Waals surface area contributed by atoms with Gasteiger partial charge in [-0.2, -0.15) is 5.10 Å². The Bertz CT molecular complexity index is 846. The second-order valence-electron chi connectivity index (χ2n) is 4.57. The van der Waals surface area contributed by atoms with Gasteiger partial charge < -0.3 is 5.11 Å². The number of para-hydroxylation sites is 1. The fourth-order valence-electron chi connectivity index (χ4n) is 1.93. The Morgan fingerprint density at radius 2 is 1.87 bits per heavy atom. The maximum atomic E-state index is 12.2. The number of carbonyl (C=O) groups excluding carboxylic acids is 1. The Hall–Kier alpha value is -3.06. The number of rotatable bonds is 4. The first kappa shape index (κ1) is 14.9. The zero-order valence-electron chi connectivity index (χ0n) is 11.9. The normalized spacial score (nSPS) is 10.8. The van der Waals surface area contributed by atoms with E-state index in [2.05, 4.69) is 20.1 Å². The van der Waals surface area contributed by atoms with Gasteiger partial charge in [-0.15, -0.1) is 5.10 Å². The number of nitrogens with zero attached hydrogens (tertiary/aromatic N) is 3. The van der Waals surface area contributed by atoms with E-state index in [-0.39, 0.29) is 5.75 Å². The Balaban J connectivity index is 1.75. The topological polar surface area (TPSA) is 87.5 Å². The summed E-state index contributed by atoms with van der Waals surface area (Å²) in [4.78, 5) is 12.6. The molecule has 6 nitrogen and oxygen atoms in total. The van der Waals surface area contributed by atoms with Gasteiger partial charge in [0.1, 0.15) is 16.3 Å². The number of nitrogens with one attached hydrogen (secondary N) is 1. The van der Waals surface area contributed by atoms with Crippen molar-refractivity contribution in [3.05, 3.63) is 65.0 Å². The number of benzene rings is 2. The highest BCUT2D eigenvalue weighted by Crippen LogP contribution is 2.23. The van der Waals surface area contributed by atoms with Gasteiger partial charge in [0, 0.05) is 11.1 Å². The van der Waals surface area contributed by atoms with Crippen molar-refractivity contribution in [2.24, 2.45) is 5.10 Å². The first-order valence-corrected chi connectivity index (χ1v) is 7.52. The summed E-state index contributed by atoms with van der Waals surface area (Å²) in [5.41, 5.74) is 4.27. The van der Waals surface area contributed by atoms with Crippen LogP contribution in [0.5, 0.6) is 5.75 Å². The van der Waals surface area contributed by atoms with Crippen LogP contribution in [-0.2, 0) is 0 Å². The largest absolute Gasteiger partial charge is 0.507 e. The van der Waals surface area contributed by atoms with Crippen LogP contribution in [0.25, 0.3) is 11.3 Å². The van der Waals surface area contributed by atoms with E-state index in [1.54, 1.807) is 24.3 Å². The van der Waals surface area contributed by atoms with Crippen LogP contribution in [0, 0.1) is 0 Å². The minimum absolute atomic E-state index is 0.0925. The first-order chi connectivity index (χ1) is 11.3. The molecule has 0 saturated heterocycles. The SMILES string of the molecule is O=C(NN=Cc1ccccc1O)c1snnc1-c1ccccc1. The van der Waals surface area contributed by atoms with Crippen LogP contribution in [0.4, 0.5) is 0 Å². The zero-order chi connectivity index (χ0) is 16.1. The van der Waals surface area contributed by atoms with E-state index in [1.165, 1.54) is 6.21 Å². The molecule has 0 aliphatic heterocycles. The lowest BCUT2D eigenvalue weighted by Crippen LogP contribution is -2.17. The summed E-state index contributed by atoms with van der Waals surface area (Å²) in [5, 5.41) is 17.5. The maximum Gasteiger partial charge on any atom is 0.285 e. The molecule has 7 heteroatoms. The fraction of sp³-hybridized carbons (Fsp3) is 0. The highest BCUT2D eigenvalue weighted by molar-refractivity contribution is 7.08. The van der Waals surface area contributed by atoms with Gasteiger partial charge in [-0.3, -0.25) is 4.79 Å². The minimum atomic E-state index is -0.398. The number of hydrogen-bond donors (Lipinski definition) is 2. The van der Waals surface area contributed by atoms with E-state index in [0.717, 1.165) is 17.1 Å². The highest BCUT2D eigenvalue weighted by atomic mass is 32.1. The standard InChI is InChI=1S/C16H12N4O2S/c21-13-9-5-4-8-12(13)10-17-19-16(22)15-14(18-20-23-15)11-6-2-1-3-7-11/h1-10,21H,(H,19,22). The van der Waals surface area contributed by atoms with E-state index in [9.17, 15) is 9.90 Å². The molecule has 2 N–H and O–H groups in total. The molecule has 23 heavy (non-hydrogen) atoms. The molecule has 3 aromatic rings. The van der Waals surface area contributed by atoms with Crippen molar-refractivity contribution in [2.45, 2.75) is 0 Å². The fourth-order valence-corrected chi connectivity index (χ4v) is 2.51. The Kier molecular flexibility index (Phi) is 4.39. The molecule has 1 aromatic heterocycles. The second-order valence-corrected chi connectivity index (χ2v) is 5.33. The van der Waals surface area contributed by atoms with Crippen molar-refractivity contribution in [3.8, 4) is 17.0 Å². The van der Waals surface area contributed by atoms with Crippen LogP contribution in [0.3, 0.4) is 0 Å². The molecule has 1 heterocycles. The number of amides is 1. The third-order valence-corrected chi connectivity index (χ3v) is 3.77. The van der Waals surface area contributed by atoms with Gasteiger partial charge in [-0.25, -0.2) is 5.43 Å². The van der Waals surface area contributed by atoms with Crippen molar-refractivity contribution in [1.29, 1.82) is 0 Å². The molecule has 114 valence electrons. The molecule has 0 atom stereocenters. The predicted octanol–water partition coefficient (Wildman–Crippen LogP) is 2.67. The van der Waals surface area contributed by atoms with E-state index in [1.807, 2.05) is 30.3 Å². The molecule has 0 saturated carbocycles. The van der Waals surface area contributed by atoms with Crippen molar-refractivity contribution < 1.29 is 9.90 Å². The molecular weight excluding hydrogens is 312 g/mol. The molecule has 1 amide bonds. The van der Waals surface area contributed by atoms with Gasteiger partial charge in [0.2, 0.25) is 0 Å². The van der Waals surface area contributed by atoms with Crippen molar-refractivity contribution >= 4 is 23.7 Å². The summed E-state index contributed by atoms with van der Waals surface area (Å²) in [6.07, 6.45) is 1.38. The van der Waals surface area contributed by atoms with E-state index >= 15 is 0 Å². The van der Waals surface area contributed by atoms with Crippen LogP contribution in [0.15, 0.2) is 59.7 Å². The van der Waals surface area contributed by atoms with Gasteiger partial charge in [0.15, 0.2) is 0 Å². The van der Waals surface area contributed by atoms with Crippen LogP contribution >= 0.6 is 11.5 Å². The number of aromatic nitrogens is 2. The van der Waals surface area contributed by atoms with Crippen LogP contribution < -0.4 is 5.43 Å². The van der Waals surface area contributed by atoms with Gasteiger partial charge >= 0.3 is 0 Å². The predicted molar refractivity (Wildman–Crippen MR) is 88.5 cm³/mol. The highest BCUT2D eigenvalue weighted by Gasteiger charge is 2.17. The minimum Gasteiger partial charge on any atom is -0.507 e. The van der Waals surface area contributed by atoms with Crippen molar-refractivity contribution in [3.63, 3.8) is 0 Å². The van der Waals surface area contributed by atoms with Gasteiger partial charge in [0.05, 0.1) is 6.21 Å². The third-order valence-electron chi connectivity index (χ3n) is 3.05. The lowest BCUT2D eigenvalue weighted by atomic mass is 10.1. The molecule has 0 aliphatic carbocycles. The summed E-state index contributed by atoms with van der Waals surface area (Å²) in [6.45, 7) is 0. The molecule has 0 bridgehead atoms. The Labute approximate surface area is 136 Å². The van der Waals surface area contributed by atoms with E-state index in [0.29, 0.717) is 16.1 Å². The van der Waals surface area contributed by atoms with Gasteiger partial charge in [-0.05, 0) is 23.7 Å². The zero-order valence-corrected chi connectivity index (χ0v) is 12.7. The summed E-state index contributed by atoms with van der Waals surface area (Å²) >= 11 is 1.01. The number of aromatic hydroxyl groups is 1. The average Bonchev–Trinajstić information content (AvgIpc) is 3.07. The van der Waals surface area contributed by atoms with Crippen molar-refractivity contribution in [2.75, 3.05) is 0 Å². The summed E-state index contributed by atoms with van der Waals surface area (Å²) in [6, 6.07) is 16.1. The van der Waals surface area contributed by atoms with Crippen LogP contribution in [0.1, 0.15) is 15.2 Å². The number of phenolic OH excluding ortho intramolecular Hbond substituents is 1. The van der Waals surface area contributed by atoms with Crippen molar-refractivity contribution in [1.82, 2.24) is 15.0 Å².